The number of halogens is 4. The predicted octanol–water partition coefficient (Wildman–Crippen LogP) is 5.06. The molecular formula is C16H14ClF3N2O3S. The molecule has 0 saturated heterocycles. The highest BCUT2D eigenvalue weighted by Crippen LogP contribution is 2.36. The third-order valence-electron chi connectivity index (χ3n) is 3.05. The second-order valence-corrected chi connectivity index (χ2v) is 5.66. The average Bonchev–Trinajstić information content (AvgIpc) is 2.54. The monoisotopic (exact) mass is 406 g/mol. The summed E-state index contributed by atoms with van der Waals surface area (Å²) in [5.74, 6) is 0.448. The molecule has 0 unspecified atom stereocenters. The van der Waals surface area contributed by atoms with Crippen LogP contribution in [0, 0.1) is 0 Å². The minimum atomic E-state index is -4.77. The van der Waals surface area contributed by atoms with Crippen LogP contribution in [-0.2, 0) is 0 Å². The zero-order valence-electron chi connectivity index (χ0n) is 13.6. The molecule has 2 rings (SSSR count). The summed E-state index contributed by atoms with van der Waals surface area (Å²) >= 11 is 11.2. The summed E-state index contributed by atoms with van der Waals surface area (Å²) in [6.45, 7) is 0. The minimum absolute atomic E-state index is 0.122. The number of nitrogens with one attached hydrogen (secondary N) is 2. The molecule has 0 amide bonds. The summed E-state index contributed by atoms with van der Waals surface area (Å²) in [7, 11) is 2.91. The number of thiocarbonyl (C=S) groups is 1. The van der Waals surface area contributed by atoms with Crippen LogP contribution in [0.25, 0.3) is 0 Å². The maximum Gasteiger partial charge on any atom is 0.573 e. The third kappa shape index (κ3) is 5.57. The molecule has 0 saturated carbocycles. The molecule has 0 fully saturated rings. The molecule has 2 N–H and O–H groups in total. The van der Waals surface area contributed by atoms with Crippen molar-refractivity contribution in [1.82, 2.24) is 0 Å². The molecular weight excluding hydrogens is 393 g/mol. The Morgan fingerprint density at radius 2 is 1.73 bits per heavy atom. The van der Waals surface area contributed by atoms with Crippen LogP contribution in [0.3, 0.4) is 0 Å². The molecule has 0 aromatic heterocycles. The highest BCUT2D eigenvalue weighted by Gasteiger charge is 2.31. The first-order chi connectivity index (χ1) is 12.2. The largest absolute Gasteiger partial charge is 0.573 e. The van der Waals surface area contributed by atoms with E-state index in [2.05, 4.69) is 15.4 Å². The van der Waals surface area contributed by atoms with Crippen LogP contribution in [0.15, 0.2) is 36.4 Å². The Balaban J connectivity index is 2.13. The summed E-state index contributed by atoms with van der Waals surface area (Å²) in [5.41, 5.74) is 0.776. The topological polar surface area (TPSA) is 51.8 Å². The Hall–Kier alpha value is -2.39. The molecule has 140 valence electrons. The number of benzene rings is 2. The number of methoxy groups -OCH3 is 2. The zero-order valence-corrected chi connectivity index (χ0v) is 15.2. The predicted molar refractivity (Wildman–Crippen MR) is 97.5 cm³/mol. The summed E-state index contributed by atoms with van der Waals surface area (Å²) in [5, 5.41) is 6.11. The van der Waals surface area contributed by atoms with Crippen LogP contribution >= 0.6 is 23.8 Å². The lowest BCUT2D eigenvalue weighted by atomic mass is 10.2. The van der Waals surface area contributed by atoms with Crippen LogP contribution in [-0.4, -0.2) is 25.7 Å². The van der Waals surface area contributed by atoms with Gasteiger partial charge in [-0.3, -0.25) is 0 Å². The maximum atomic E-state index is 12.3. The molecule has 2 aromatic carbocycles. The first-order valence-electron chi connectivity index (χ1n) is 7.07. The van der Waals surface area contributed by atoms with Gasteiger partial charge in [-0.25, -0.2) is 0 Å². The van der Waals surface area contributed by atoms with Gasteiger partial charge in [0.25, 0.3) is 0 Å². The normalized spacial score (nSPS) is 10.8. The van der Waals surface area contributed by atoms with Crippen molar-refractivity contribution in [2.45, 2.75) is 6.36 Å². The number of hydrogen-bond donors (Lipinski definition) is 2. The molecule has 0 aliphatic carbocycles. The highest BCUT2D eigenvalue weighted by atomic mass is 35.5. The lowest BCUT2D eigenvalue weighted by Gasteiger charge is -2.16. The van der Waals surface area contributed by atoms with Crippen molar-refractivity contribution in [2.75, 3.05) is 24.9 Å². The second-order valence-electron chi connectivity index (χ2n) is 4.84. The standard InChI is InChI=1S/C16H14ClF3N2O3S/c1-23-13-8-12(14(24-2)7-11(13)17)22-15(26)21-9-4-3-5-10(6-9)25-16(18,19)20/h3-8H,1-2H3,(H2,21,22,26). The minimum Gasteiger partial charge on any atom is -0.495 e. The van der Waals surface area contributed by atoms with Crippen LogP contribution in [0.5, 0.6) is 17.2 Å². The SMILES string of the molecule is COc1cc(NC(=S)Nc2cccc(OC(F)(F)F)c2)c(OC)cc1Cl. The van der Waals surface area contributed by atoms with Crippen molar-refractivity contribution in [3.8, 4) is 17.2 Å². The molecule has 0 atom stereocenters. The Kier molecular flexibility index (Phi) is 6.38. The fourth-order valence-corrected chi connectivity index (χ4v) is 2.47. The Morgan fingerprint density at radius 1 is 1.04 bits per heavy atom. The highest BCUT2D eigenvalue weighted by molar-refractivity contribution is 7.80. The van der Waals surface area contributed by atoms with Gasteiger partial charge >= 0.3 is 6.36 Å². The lowest BCUT2D eigenvalue weighted by molar-refractivity contribution is -0.274. The Labute approximate surface area is 158 Å². The number of alkyl halides is 3. The van der Waals surface area contributed by atoms with E-state index in [9.17, 15) is 13.2 Å². The van der Waals surface area contributed by atoms with Crippen molar-refractivity contribution in [3.05, 3.63) is 41.4 Å². The van der Waals surface area contributed by atoms with Gasteiger partial charge in [-0.15, -0.1) is 13.2 Å². The van der Waals surface area contributed by atoms with E-state index in [4.69, 9.17) is 33.3 Å². The van der Waals surface area contributed by atoms with Crippen LogP contribution in [0.2, 0.25) is 5.02 Å². The quantitative estimate of drug-likeness (QED) is 0.676. The van der Waals surface area contributed by atoms with Crippen molar-refractivity contribution < 1.29 is 27.4 Å². The van der Waals surface area contributed by atoms with E-state index >= 15 is 0 Å². The molecule has 10 heteroatoms. The van der Waals surface area contributed by atoms with Crippen LogP contribution in [0.4, 0.5) is 24.5 Å². The molecule has 5 nitrogen and oxygen atoms in total. The summed E-state index contributed by atoms with van der Waals surface area (Å²) in [4.78, 5) is 0. The molecule has 26 heavy (non-hydrogen) atoms. The van der Waals surface area contributed by atoms with E-state index in [0.717, 1.165) is 0 Å². The van der Waals surface area contributed by atoms with Gasteiger partial charge in [0.1, 0.15) is 17.2 Å². The van der Waals surface area contributed by atoms with E-state index < -0.39 is 6.36 Å². The fourth-order valence-electron chi connectivity index (χ4n) is 2.01. The van der Waals surface area contributed by atoms with Gasteiger partial charge in [0.05, 0.1) is 24.9 Å². The summed E-state index contributed by atoms with van der Waals surface area (Å²) in [6.07, 6.45) is -4.77. The van der Waals surface area contributed by atoms with Crippen LogP contribution < -0.4 is 24.8 Å². The van der Waals surface area contributed by atoms with Crippen molar-refractivity contribution in [2.24, 2.45) is 0 Å². The van der Waals surface area contributed by atoms with Gasteiger partial charge in [-0.2, -0.15) is 0 Å². The molecule has 0 heterocycles. The summed E-state index contributed by atoms with van der Waals surface area (Å²) in [6, 6.07) is 8.42. The van der Waals surface area contributed by atoms with E-state index in [-0.39, 0.29) is 10.9 Å². The average molecular weight is 407 g/mol. The van der Waals surface area contributed by atoms with Gasteiger partial charge < -0.3 is 24.8 Å². The molecule has 2 aromatic rings. The number of rotatable bonds is 5. The van der Waals surface area contributed by atoms with E-state index in [1.807, 2.05) is 0 Å². The van der Waals surface area contributed by atoms with E-state index in [0.29, 0.717) is 27.9 Å². The fraction of sp³-hybridized carbons (Fsp3) is 0.188. The van der Waals surface area contributed by atoms with Gasteiger partial charge in [0, 0.05) is 23.9 Å². The van der Waals surface area contributed by atoms with Crippen LogP contribution in [0.1, 0.15) is 0 Å². The van der Waals surface area contributed by atoms with E-state index in [1.165, 1.54) is 38.5 Å². The Bertz CT molecular complexity index is 803. The van der Waals surface area contributed by atoms with Crippen molar-refractivity contribution >= 4 is 40.3 Å². The molecule has 0 aliphatic rings. The number of hydrogen-bond acceptors (Lipinski definition) is 4. The molecule has 0 spiro atoms. The molecule has 0 bridgehead atoms. The van der Waals surface area contributed by atoms with E-state index in [1.54, 1.807) is 12.1 Å². The maximum absolute atomic E-state index is 12.3. The van der Waals surface area contributed by atoms with Gasteiger partial charge in [-0.1, -0.05) is 17.7 Å². The van der Waals surface area contributed by atoms with Gasteiger partial charge in [0.15, 0.2) is 5.11 Å². The Morgan fingerprint density at radius 3 is 2.35 bits per heavy atom. The number of ether oxygens (including phenoxy) is 3. The van der Waals surface area contributed by atoms with Gasteiger partial charge in [0.2, 0.25) is 0 Å². The zero-order chi connectivity index (χ0) is 19.3. The number of anilines is 2. The molecule has 0 radical (unpaired) electrons. The third-order valence-corrected chi connectivity index (χ3v) is 3.55. The van der Waals surface area contributed by atoms with Gasteiger partial charge in [-0.05, 0) is 24.4 Å². The van der Waals surface area contributed by atoms with Crippen molar-refractivity contribution in [1.29, 1.82) is 0 Å². The molecule has 0 aliphatic heterocycles. The van der Waals surface area contributed by atoms with Crippen molar-refractivity contribution in [3.63, 3.8) is 0 Å². The summed E-state index contributed by atoms with van der Waals surface area (Å²) < 4.78 is 51.1. The first-order valence-corrected chi connectivity index (χ1v) is 7.86. The smallest absolute Gasteiger partial charge is 0.495 e. The lowest BCUT2D eigenvalue weighted by Crippen LogP contribution is -2.20. The second kappa shape index (κ2) is 8.33. The first kappa shape index (κ1) is 19.9.